The van der Waals surface area contributed by atoms with Crippen LogP contribution in [0.25, 0.3) is 0 Å². The van der Waals surface area contributed by atoms with E-state index in [9.17, 15) is 14.4 Å². The zero-order chi connectivity index (χ0) is 14.7. The van der Waals surface area contributed by atoms with Crippen molar-refractivity contribution in [3.63, 3.8) is 0 Å². The molecule has 2 rings (SSSR count). The lowest BCUT2D eigenvalue weighted by Gasteiger charge is -2.32. The number of hydrogen-bond acceptors (Lipinski definition) is 3. The van der Waals surface area contributed by atoms with Gasteiger partial charge in [-0.3, -0.25) is 4.79 Å². The molecule has 3 atom stereocenters. The number of nitrogens with one attached hydrogen (secondary N) is 1. The van der Waals surface area contributed by atoms with Crippen LogP contribution in [0.2, 0.25) is 0 Å². The quantitative estimate of drug-likeness (QED) is 0.710. The highest BCUT2D eigenvalue weighted by Crippen LogP contribution is 2.36. The number of carbonyl (C=O) groups is 3. The Kier molecular flexibility index (Phi) is 4.46. The third-order valence-electron chi connectivity index (χ3n) is 4.25. The van der Waals surface area contributed by atoms with Crippen molar-refractivity contribution in [2.75, 3.05) is 6.54 Å². The van der Waals surface area contributed by atoms with Gasteiger partial charge in [0.2, 0.25) is 0 Å². The molecule has 0 radical (unpaired) electrons. The highest BCUT2D eigenvalue weighted by atomic mass is 16.4. The van der Waals surface area contributed by atoms with E-state index in [-0.39, 0.29) is 6.04 Å². The third kappa shape index (κ3) is 3.20. The van der Waals surface area contributed by atoms with Crippen molar-refractivity contribution in [1.82, 2.24) is 10.2 Å². The van der Waals surface area contributed by atoms with Crippen LogP contribution >= 0.6 is 0 Å². The maximum atomic E-state index is 12.2. The number of likely N-dealkylation sites (tertiary alicyclic amines) is 1. The van der Waals surface area contributed by atoms with Crippen LogP contribution in [0.1, 0.15) is 38.5 Å². The Balaban J connectivity index is 1.96. The predicted molar refractivity (Wildman–Crippen MR) is 69.3 cm³/mol. The number of carboxylic acids is 2. The van der Waals surface area contributed by atoms with Crippen molar-refractivity contribution < 1.29 is 24.6 Å². The summed E-state index contributed by atoms with van der Waals surface area (Å²) in [6, 6.07) is -1.64. The molecule has 3 unspecified atom stereocenters. The summed E-state index contributed by atoms with van der Waals surface area (Å²) < 4.78 is 0. The second-order valence-corrected chi connectivity index (χ2v) is 5.53. The van der Waals surface area contributed by atoms with Crippen molar-refractivity contribution in [3.8, 4) is 0 Å². The molecule has 7 heteroatoms. The molecule has 3 N–H and O–H groups in total. The van der Waals surface area contributed by atoms with Gasteiger partial charge < -0.3 is 20.4 Å². The fraction of sp³-hybridized carbons (Fsp3) is 0.769. The minimum atomic E-state index is -1.37. The standard InChI is InChI=1S/C13H20N2O5/c16-11(17)7-9(12(18)19)14-13(20)15-6-5-8-3-1-2-4-10(8)15/h8-10H,1-7H2,(H,14,20)(H,16,17)(H,18,19). The maximum absolute atomic E-state index is 12.2. The summed E-state index contributed by atoms with van der Waals surface area (Å²) in [4.78, 5) is 35.4. The molecule has 112 valence electrons. The van der Waals surface area contributed by atoms with E-state index in [1.165, 1.54) is 6.42 Å². The van der Waals surface area contributed by atoms with Crippen LogP contribution in [-0.4, -0.2) is 51.7 Å². The molecule has 2 amide bonds. The molecule has 7 nitrogen and oxygen atoms in total. The van der Waals surface area contributed by atoms with Crippen LogP contribution in [0, 0.1) is 5.92 Å². The molecule has 0 bridgehead atoms. The maximum Gasteiger partial charge on any atom is 0.326 e. The van der Waals surface area contributed by atoms with Gasteiger partial charge in [0, 0.05) is 12.6 Å². The first-order valence-corrected chi connectivity index (χ1v) is 7.00. The molecule has 1 aliphatic carbocycles. The Morgan fingerprint density at radius 3 is 2.50 bits per heavy atom. The Labute approximate surface area is 116 Å². The van der Waals surface area contributed by atoms with Gasteiger partial charge in [-0.2, -0.15) is 0 Å². The van der Waals surface area contributed by atoms with E-state index >= 15 is 0 Å². The molecule has 20 heavy (non-hydrogen) atoms. The van der Waals surface area contributed by atoms with Crippen LogP contribution in [0.15, 0.2) is 0 Å². The fourth-order valence-electron chi connectivity index (χ4n) is 3.26. The van der Waals surface area contributed by atoms with Gasteiger partial charge in [-0.05, 0) is 25.2 Å². The molecule has 2 fully saturated rings. The molecular formula is C13H20N2O5. The monoisotopic (exact) mass is 284 g/mol. The Morgan fingerprint density at radius 2 is 1.85 bits per heavy atom. The van der Waals surface area contributed by atoms with E-state index in [1.54, 1.807) is 4.90 Å². The van der Waals surface area contributed by atoms with E-state index in [1.807, 2.05) is 0 Å². The van der Waals surface area contributed by atoms with Crippen molar-refractivity contribution in [2.45, 2.75) is 50.6 Å². The zero-order valence-electron chi connectivity index (χ0n) is 11.2. The number of hydrogen-bond donors (Lipinski definition) is 3. The Morgan fingerprint density at radius 1 is 1.15 bits per heavy atom. The number of nitrogens with zero attached hydrogens (tertiary/aromatic N) is 1. The zero-order valence-corrected chi connectivity index (χ0v) is 11.2. The molecule has 1 saturated heterocycles. The topological polar surface area (TPSA) is 107 Å². The van der Waals surface area contributed by atoms with E-state index < -0.39 is 30.4 Å². The van der Waals surface area contributed by atoms with Gasteiger partial charge >= 0.3 is 18.0 Å². The Hall–Kier alpha value is -1.79. The Bertz CT molecular complexity index is 412. The lowest BCUT2D eigenvalue weighted by molar-refractivity contribution is -0.145. The highest BCUT2D eigenvalue weighted by molar-refractivity contribution is 5.86. The largest absolute Gasteiger partial charge is 0.481 e. The molecular weight excluding hydrogens is 264 g/mol. The summed E-state index contributed by atoms with van der Waals surface area (Å²) >= 11 is 0. The van der Waals surface area contributed by atoms with Gasteiger partial charge in [0.05, 0.1) is 6.42 Å². The molecule has 0 aromatic rings. The molecule has 0 aromatic carbocycles. The normalized spacial score (nSPS) is 26.7. The first-order valence-electron chi connectivity index (χ1n) is 7.00. The third-order valence-corrected chi connectivity index (χ3v) is 4.25. The van der Waals surface area contributed by atoms with Crippen LogP contribution < -0.4 is 5.32 Å². The molecule has 0 spiro atoms. The summed E-state index contributed by atoms with van der Waals surface area (Å²) in [6.07, 6.45) is 4.69. The van der Waals surface area contributed by atoms with Crippen molar-refractivity contribution in [3.05, 3.63) is 0 Å². The lowest BCUT2D eigenvalue weighted by atomic mass is 9.85. The number of urea groups is 1. The van der Waals surface area contributed by atoms with Crippen molar-refractivity contribution in [2.24, 2.45) is 5.92 Å². The number of fused-ring (bicyclic) bond motifs is 1. The average molecular weight is 284 g/mol. The summed E-state index contributed by atoms with van der Waals surface area (Å²) in [5.41, 5.74) is 0. The summed E-state index contributed by atoms with van der Waals surface area (Å²) in [6.45, 7) is 0.626. The SMILES string of the molecule is O=C(O)CC(NC(=O)N1CCC2CCCCC21)C(=O)O. The molecule has 1 saturated carbocycles. The van der Waals surface area contributed by atoms with Crippen molar-refractivity contribution in [1.29, 1.82) is 0 Å². The smallest absolute Gasteiger partial charge is 0.326 e. The minimum absolute atomic E-state index is 0.183. The first-order chi connectivity index (χ1) is 9.49. The average Bonchev–Trinajstić information content (AvgIpc) is 2.81. The number of rotatable bonds is 4. The van der Waals surface area contributed by atoms with Crippen molar-refractivity contribution >= 4 is 18.0 Å². The fourth-order valence-corrected chi connectivity index (χ4v) is 3.26. The van der Waals surface area contributed by atoms with Crippen LogP contribution in [0.3, 0.4) is 0 Å². The van der Waals surface area contributed by atoms with Crippen LogP contribution in [-0.2, 0) is 9.59 Å². The van der Waals surface area contributed by atoms with E-state index in [0.717, 1.165) is 25.7 Å². The number of amides is 2. The first kappa shape index (κ1) is 14.6. The van der Waals surface area contributed by atoms with Gasteiger partial charge in [0.1, 0.15) is 6.04 Å². The van der Waals surface area contributed by atoms with Crippen LogP contribution in [0.5, 0.6) is 0 Å². The van der Waals surface area contributed by atoms with E-state index in [0.29, 0.717) is 12.5 Å². The second-order valence-electron chi connectivity index (χ2n) is 5.53. The van der Waals surface area contributed by atoms with E-state index in [2.05, 4.69) is 5.32 Å². The van der Waals surface area contributed by atoms with E-state index in [4.69, 9.17) is 10.2 Å². The summed E-state index contributed by atoms with van der Waals surface area (Å²) in [7, 11) is 0. The van der Waals surface area contributed by atoms with Gasteiger partial charge in [-0.25, -0.2) is 9.59 Å². The molecule has 2 aliphatic rings. The molecule has 0 aromatic heterocycles. The van der Waals surface area contributed by atoms with Gasteiger partial charge in [0.15, 0.2) is 0 Å². The number of carbonyl (C=O) groups excluding carboxylic acids is 1. The second kappa shape index (κ2) is 6.11. The van der Waals surface area contributed by atoms with Gasteiger partial charge in [-0.1, -0.05) is 12.8 Å². The molecule has 1 heterocycles. The van der Waals surface area contributed by atoms with Gasteiger partial charge in [0.25, 0.3) is 0 Å². The van der Waals surface area contributed by atoms with Crippen LogP contribution in [0.4, 0.5) is 4.79 Å². The number of aliphatic carboxylic acids is 2. The summed E-state index contributed by atoms with van der Waals surface area (Å²) in [5, 5.41) is 19.9. The highest BCUT2D eigenvalue weighted by Gasteiger charge is 2.39. The predicted octanol–water partition coefficient (Wildman–Crippen LogP) is 0.888. The lowest BCUT2D eigenvalue weighted by Crippen LogP contribution is -2.51. The molecule has 1 aliphatic heterocycles. The summed E-state index contributed by atoms with van der Waals surface area (Å²) in [5.74, 6) is -2.05. The number of carboxylic acid groups (broad SMARTS) is 2. The minimum Gasteiger partial charge on any atom is -0.481 e. The van der Waals surface area contributed by atoms with Gasteiger partial charge in [-0.15, -0.1) is 0 Å².